The Morgan fingerprint density at radius 3 is 2.71 bits per heavy atom. The van der Waals surface area contributed by atoms with Crippen LogP contribution in [0.3, 0.4) is 0 Å². The highest BCUT2D eigenvalue weighted by molar-refractivity contribution is 9.10. The van der Waals surface area contributed by atoms with Gasteiger partial charge in [0.2, 0.25) is 0 Å². The summed E-state index contributed by atoms with van der Waals surface area (Å²) in [6.07, 6.45) is 0.707. The summed E-state index contributed by atoms with van der Waals surface area (Å²) >= 11 is 3.37. The molecule has 0 spiro atoms. The summed E-state index contributed by atoms with van der Waals surface area (Å²) < 4.78 is 0.906. The molecule has 0 fully saturated rings. The number of nitriles is 1. The average Bonchev–Trinajstić information content (AvgIpc) is 2.30. The molecule has 0 radical (unpaired) electrons. The van der Waals surface area contributed by atoms with E-state index in [9.17, 15) is 0 Å². The van der Waals surface area contributed by atoms with Crippen LogP contribution < -0.4 is 4.90 Å². The average molecular weight is 297 g/mol. The normalized spacial score (nSPS) is 10.4. The lowest BCUT2D eigenvalue weighted by molar-refractivity contribution is 0.288. The Labute approximate surface area is 111 Å². The fourth-order valence-corrected chi connectivity index (χ4v) is 2.11. The van der Waals surface area contributed by atoms with Crippen LogP contribution in [0.4, 0.5) is 5.69 Å². The van der Waals surface area contributed by atoms with Gasteiger partial charge >= 0.3 is 0 Å². The quantitative estimate of drug-likeness (QED) is 0.909. The van der Waals surface area contributed by atoms with Crippen LogP contribution in [0.5, 0.6) is 0 Å². The largest absolute Gasteiger partial charge is 0.396 e. The molecule has 0 saturated carbocycles. The van der Waals surface area contributed by atoms with Gasteiger partial charge in [0.25, 0.3) is 0 Å². The van der Waals surface area contributed by atoms with Crippen molar-refractivity contribution in [2.75, 3.05) is 18.1 Å². The van der Waals surface area contributed by atoms with Gasteiger partial charge in [0, 0.05) is 23.7 Å². The fraction of sp³-hybridized carbons (Fsp3) is 0.462. The molecule has 1 aromatic rings. The summed E-state index contributed by atoms with van der Waals surface area (Å²) in [5.41, 5.74) is 1.59. The van der Waals surface area contributed by atoms with Crippen molar-refractivity contribution in [2.24, 2.45) is 0 Å². The van der Waals surface area contributed by atoms with Gasteiger partial charge in [0.1, 0.15) is 6.07 Å². The Hall–Kier alpha value is -1.05. The van der Waals surface area contributed by atoms with Gasteiger partial charge in [-0.25, -0.2) is 0 Å². The summed E-state index contributed by atoms with van der Waals surface area (Å²) in [6.45, 7) is 5.09. The Morgan fingerprint density at radius 1 is 1.47 bits per heavy atom. The molecule has 0 aliphatic carbocycles. The smallest absolute Gasteiger partial charge is 0.101 e. The number of rotatable bonds is 5. The number of hydrogen-bond donors (Lipinski definition) is 1. The van der Waals surface area contributed by atoms with Crippen molar-refractivity contribution < 1.29 is 5.11 Å². The molecule has 0 aromatic heterocycles. The zero-order valence-electron chi connectivity index (χ0n) is 10.2. The third kappa shape index (κ3) is 3.72. The lowest BCUT2D eigenvalue weighted by atomic mass is 10.1. The molecule has 0 amide bonds. The zero-order chi connectivity index (χ0) is 12.8. The van der Waals surface area contributed by atoms with Crippen LogP contribution in [0.15, 0.2) is 22.7 Å². The predicted octanol–water partition coefficient (Wildman–Crippen LogP) is 2.92. The molecule has 0 atom stereocenters. The highest BCUT2D eigenvalue weighted by Gasteiger charge is 2.14. The Morgan fingerprint density at radius 2 is 2.18 bits per heavy atom. The van der Waals surface area contributed by atoms with Crippen LogP contribution in [-0.2, 0) is 0 Å². The molecule has 0 bridgehead atoms. The maximum atomic E-state index is 9.15. The van der Waals surface area contributed by atoms with E-state index in [-0.39, 0.29) is 6.61 Å². The Balaban J connectivity index is 3.05. The number of benzene rings is 1. The van der Waals surface area contributed by atoms with Gasteiger partial charge in [-0.05, 0) is 38.5 Å². The summed E-state index contributed by atoms with van der Waals surface area (Å²) in [7, 11) is 0. The van der Waals surface area contributed by atoms with Crippen molar-refractivity contribution >= 4 is 21.6 Å². The topological polar surface area (TPSA) is 47.3 Å². The standard InChI is InChI=1S/C13H17BrN2O/c1-10(2)16(6-3-7-17)13-5-4-12(14)8-11(13)9-15/h4-5,8,10,17H,3,6-7H2,1-2H3. The fourth-order valence-electron chi connectivity index (χ4n) is 1.75. The van der Waals surface area contributed by atoms with E-state index in [4.69, 9.17) is 10.4 Å². The predicted molar refractivity (Wildman–Crippen MR) is 73.0 cm³/mol. The van der Waals surface area contributed by atoms with E-state index in [2.05, 4.69) is 40.7 Å². The van der Waals surface area contributed by atoms with E-state index in [0.29, 0.717) is 18.0 Å². The van der Waals surface area contributed by atoms with E-state index in [1.54, 1.807) is 0 Å². The van der Waals surface area contributed by atoms with E-state index in [0.717, 1.165) is 16.7 Å². The maximum absolute atomic E-state index is 9.15. The number of hydrogen-bond acceptors (Lipinski definition) is 3. The van der Waals surface area contributed by atoms with Gasteiger partial charge in [-0.1, -0.05) is 15.9 Å². The second-order valence-electron chi connectivity index (χ2n) is 4.14. The van der Waals surface area contributed by atoms with Gasteiger partial charge < -0.3 is 10.0 Å². The number of halogens is 1. The van der Waals surface area contributed by atoms with Crippen molar-refractivity contribution in [2.45, 2.75) is 26.3 Å². The van der Waals surface area contributed by atoms with Crippen LogP contribution >= 0.6 is 15.9 Å². The van der Waals surface area contributed by atoms with Crippen LogP contribution in [0.25, 0.3) is 0 Å². The molecule has 3 nitrogen and oxygen atoms in total. The molecule has 1 N–H and O–H groups in total. The first-order valence-electron chi connectivity index (χ1n) is 5.67. The molecular formula is C13H17BrN2O. The van der Waals surface area contributed by atoms with Crippen molar-refractivity contribution in [3.63, 3.8) is 0 Å². The van der Waals surface area contributed by atoms with Crippen LogP contribution in [0.1, 0.15) is 25.8 Å². The number of aliphatic hydroxyl groups is 1. The first-order valence-corrected chi connectivity index (χ1v) is 6.46. The first-order chi connectivity index (χ1) is 8.10. The molecule has 0 heterocycles. The second kappa shape index (κ2) is 6.63. The van der Waals surface area contributed by atoms with Gasteiger partial charge in [0.05, 0.1) is 11.3 Å². The van der Waals surface area contributed by atoms with Gasteiger partial charge in [0.15, 0.2) is 0 Å². The van der Waals surface area contributed by atoms with Crippen molar-refractivity contribution in [3.8, 4) is 6.07 Å². The van der Waals surface area contributed by atoms with Gasteiger partial charge in [-0.15, -0.1) is 0 Å². The second-order valence-corrected chi connectivity index (χ2v) is 5.05. The molecule has 92 valence electrons. The van der Waals surface area contributed by atoms with E-state index >= 15 is 0 Å². The summed E-state index contributed by atoms with van der Waals surface area (Å²) in [5.74, 6) is 0. The maximum Gasteiger partial charge on any atom is 0.101 e. The molecule has 0 unspecified atom stereocenters. The lowest BCUT2D eigenvalue weighted by Gasteiger charge is -2.29. The van der Waals surface area contributed by atoms with Gasteiger partial charge in [-0.3, -0.25) is 0 Å². The van der Waals surface area contributed by atoms with Crippen LogP contribution in [0.2, 0.25) is 0 Å². The molecule has 4 heteroatoms. The third-order valence-corrected chi connectivity index (χ3v) is 3.06. The highest BCUT2D eigenvalue weighted by Crippen LogP contribution is 2.25. The Kier molecular flexibility index (Phi) is 5.46. The van der Waals surface area contributed by atoms with Crippen LogP contribution in [-0.4, -0.2) is 24.3 Å². The van der Waals surface area contributed by atoms with E-state index < -0.39 is 0 Å². The summed E-state index contributed by atoms with van der Waals surface area (Å²) in [6, 6.07) is 8.22. The summed E-state index contributed by atoms with van der Waals surface area (Å²) in [4.78, 5) is 2.14. The first kappa shape index (κ1) is 14.0. The van der Waals surface area contributed by atoms with E-state index in [1.165, 1.54) is 0 Å². The SMILES string of the molecule is CC(C)N(CCCO)c1ccc(Br)cc1C#N. The highest BCUT2D eigenvalue weighted by atomic mass is 79.9. The molecule has 17 heavy (non-hydrogen) atoms. The minimum absolute atomic E-state index is 0.168. The molecule has 1 aromatic carbocycles. The third-order valence-electron chi connectivity index (χ3n) is 2.57. The minimum atomic E-state index is 0.168. The molecule has 1 rings (SSSR count). The number of anilines is 1. The van der Waals surface area contributed by atoms with Crippen molar-refractivity contribution in [1.29, 1.82) is 5.26 Å². The number of nitrogens with zero attached hydrogens (tertiary/aromatic N) is 2. The summed E-state index contributed by atoms with van der Waals surface area (Å²) in [5, 5.41) is 18.1. The van der Waals surface area contributed by atoms with Crippen LogP contribution in [0, 0.1) is 11.3 Å². The zero-order valence-corrected chi connectivity index (χ0v) is 11.7. The lowest BCUT2D eigenvalue weighted by Crippen LogP contribution is -2.32. The number of aliphatic hydroxyl groups excluding tert-OH is 1. The molecule has 0 aliphatic rings. The van der Waals surface area contributed by atoms with Crippen molar-refractivity contribution in [3.05, 3.63) is 28.2 Å². The molecule has 0 saturated heterocycles. The monoisotopic (exact) mass is 296 g/mol. The van der Waals surface area contributed by atoms with E-state index in [1.807, 2.05) is 18.2 Å². The molecular weight excluding hydrogens is 280 g/mol. The Bertz CT molecular complexity index is 412. The minimum Gasteiger partial charge on any atom is -0.396 e. The van der Waals surface area contributed by atoms with Gasteiger partial charge in [-0.2, -0.15) is 5.26 Å². The molecule has 0 aliphatic heterocycles. The van der Waals surface area contributed by atoms with Crippen molar-refractivity contribution in [1.82, 2.24) is 0 Å².